The molecule has 2 aliphatic rings. The van der Waals surface area contributed by atoms with Crippen LogP contribution in [-0.2, 0) is 10.5 Å². The standard InChI is InChI=1S/C22H31N5O4S/c1-4-9-23-22(28)24-17-7-5-16(6-8-17)20-25-18-13-32(29,30)15(3)19(18)21(26-20)27-10-11-31-12-14(27)2/h5-8,14-15,29-30H,4,9-13H2,1-3H3,(H2,23,24,28)/t14-,15?/m0/s1. The van der Waals surface area contributed by atoms with Gasteiger partial charge in [0.05, 0.1) is 36.0 Å². The molecular weight excluding hydrogens is 430 g/mol. The molecule has 32 heavy (non-hydrogen) atoms. The summed E-state index contributed by atoms with van der Waals surface area (Å²) in [6.07, 6.45) is 0.870. The molecule has 0 saturated carbocycles. The van der Waals surface area contributed by atoms with Gasteiger partial charge >= 0.3 is 6.03 Å². The fourth-order valence-corrected chi connectivity index (χ4v) is 5.54. The lowest BCUT2D eigenvalue weighted by Gasteiger charge is -2.37. The zero-order valence-electron chi connectivity index (χ0n) is 18.7. The van der Waals surface area contributed by atoms with Crippen LogP contribution in [-0.4, -0.2) is 57.4 Å². The average molecular weight is 462 g/mol. The number of fused-ring (bicyclic) bond motifs is 1. The molecule has 0 radical (unpaired) electrons. The predicted molar refractivity (Wildman–Crippen MR) is 127 cm³/mol. The van der Waals surface area contributed by atoms with E-state index in [1.54, 1.807) is 0 Å². The Morgan fingerprint density at radius 3 is 2.69 bits per heavy atom. The molecule has 1 aromatic heterocycles. The van der Waals surface area contributed by atoms with Crippen molar-refractivity contribution in [3.05, 3.63) is 35.5 Å². The van der Waals surface area contributed by atoms with Gasteiger partial charge in [-0.3, -0.25) is 9.11 Å². The van der Waals surface area contributed by atoms with Crippen LogP contribution in [0.4, 0.5) is 16.3 Å². The Labute approximate surface area is 189 Å². The first-order chi connectivity index (χ1) is 15.3. The zero-order valence-corrected chi connectivity index (χ0v) is 19.5. The summed E-state index contributed by atoms with van der Waals surface area (Å²) in [5.74, 6) is 1.43. The predicted octanol–water partition coefficient (Wildman–Crippen LogP) is 4.23. The van der Waals surface area contributed by atoms with Crippen LogP contribution in [0.25, 0.3) is 11.4 Å². The zero-order chi connectivity index (χ0) is 22.9. The number of hydrogen-bond donors (Lipinski definition) is 4. The summed E-state index contributed by atoms with van der Waals surface area (Å²) in [6.45, 7) is 8.41. The second-order valence-electron chi connectivity index (χ2n) is 8.31. The van der Waals surface area contributed by atoms with Gasteiger partial charge in [-0.25, -0.2) is 14.8 Å². The van der Waals surface area contributed by atoms with Crippen LogP contribution >= 0.6 is 10.6 Å². The number of nitrogens with zero attached hydrogens (tertiary/aromatic N) is 3. The van der Waals surface area contributed by atoms with E-state index in [2.05, 4.69) is 22.5 Å². The minimum Gasteiger partial charge on any atom is -0.377 e. The average Bonchev–Trinajstić information content (AvgIpc) is 3.01. The highest BCUT2D eigenvalue weighted by Gasteiger charge is 2.40. The highest BCUT2D eigenvalue weighted by molar-refractivity contribution is 8.24. The Hall–Kier alpha value is -2.40. The number of urea groups is 1. The molecule has 1 aromatic carbocycles. The Bertz CT molecular complexity index is 985. The van der Waals surface area contributed by atoms with Gasteiger partial charge in [0, 0.05) is 29.9 Å². The van der Waals surface area contributed by atoms with Gasteiger partial charge in [-0.15, -0.1) is 0 Å². The lowest BCUT2D eigenvalue weighted by Crippen LogP contribution is -2.44. The molecule has 0 aliphatic carbocycles. The van der Waals surface area contributed by atoms with Crippen molar-refractivity contribution in [2.75, 3.05) is 36.5 Å². The number of rotatable bonds is 5. The van der Waals surface area contributed by atoms with Crippen LogP contribution < -0.4 is 15.5 Å². The number of amides is 2. The van der Waals surface area contributed by atoms with Crippen molar-refractivity contribution in [2.45, 2.75) is 44.2 Å². The fraction of sp³-hybridized carbons (Fsp3) is 0.500. The lowest BCUT2D eigenvalue weighted by atomic mass is 10.1. The quantitative estimate of drug-likeness (QED) is 0.526. The van der Waals surface area contributed by atoms with Crippen molar-refractivity contribution in [1.29, 1.82) is 0 Å². The second kappa shape index (κ2) is 9.22. The van der Waals surface area contributed by atoms with Crippen LogP contribution in [0.2, 0.25) is 0 Å². The van der Waals surface area contributed by atoms with Gasteiger partial charge in [-0.1, -0.05) is 6.92 Å². The molecule has 1 saturated heterocycles. The molecule has 2 aromatic rings. The summed E-state index contributed by atoms with van der Waals surface area (Å²) in [5, 5.41) is 5.17. The number of hydrogen-bond acceptors (Lipinski definition) is 7. The first-order valence-corrected chi connectivity index (χ1v) is 12.7. The van der Waals surface area contributed by atoms with Gasteiger partial charge < -0.3 is 20.3 Å². The maximum Gasteiger partial charge on any atom is 0.319 e. The molecule has 9 nitrogen and oxygen atoms in total. The third-order valence-electron chi connectivity index (χ3n) is 5.90. The molecule has 3 heterocycles. The van der Waals surface area contributed by atoms with Crippen molar-refractivity contribution in [2.24, 2.45) is 0 Å². The van der Waals surface area contributed by atoms with Crippen molar-refractivity contribution >= 4 is 28.1 Å². The Morgan fingerprint density at radius 2 is 2.00 bits per heavy atom. The third kappa shape index (κ3) is 4.54. The van der Waals surface area contributed by atoms with Crippen molar-refractivity contribution in [3.63, 3.8) is 0 Å². The van der Waals surface area contributed by atoms with E-state index in [-0.39, 0.29) is 17.8 Å². The molecule has 10 heteroatoms. The summed E-state index contributed by atoms with van der Waals surface area (Å²) in [6, 6.07) is 7.23. The highest BCUT2D eigenvalue weighted by atomic mass is 32.3. The third-order valence-corrected chi connectivity index (χ3v) is 7.97. The molecule has 2 amide bonds. The smallest absolute Gasteiger partial charge is 0.319 e. The first kappa shape index (κ1) is 22.8. The number of carbonyl (C=O) groups is 1. The molecule has 174 valence electrons. The normalized spacial score (nSPS) is 22.8. The summed E-state index contributed by atoms with van der Waals surface area (Å²) in [4.78, 5) is 23.7. The van der Waals surface area contributed by atoms with Crippen LogP contribution in [0.3, 0.4) is 0 Å². The fourth-order valence-electron chi connectivity index (χ4n) is 4.05. The minimum absolute atomic E-state index is 0.124. The monoisotopic (exact) mass is 461 g/mol. The molecule has 0 spiro atoms. The van der Waals surface area contributed by atoms with Gasteiger partial charge in [0.1, 0.15) is 5.82 Å². The second-order valence-corrected chi connectivity index (χ2v) is 10.7. The van der Waals surface area contributed by atoms with Crippen LogP contribution in [0.15, 0.2) is 24.3 Å². The number of benzene rings is 1. The number of anilines is 2. The molecule has 2 atom stereocenters. The van der Waals surface area contributed by atoms with E-state index in [4.69, 9.17) is 14.7 Å². The SMILES string of the molecule is CCCNC(=O)Nc1ccc(-c2nc3c(c(N4CCOC[C@@H]4C)n2)C(C)S(O)(O)C3)cc1. The molecule has 4 N–H and O–H groups in total. The molecule has 1 fully saturated rings. The maximum absolute atomic E-state index is 11.9. The Kier molecular flexibility index (Phi) is 6.57. The summed E-state index contributed by atoms with van der Waals surface area (Å²) in [7, 11) is -2.80. The topological polar surface area (TPSA) is 120 Å². The minimum atomic E-state index is -2.80. The summed E-state index contributed by atoms with van der Waals surface area (Å²) >= 11 is 0. The highest BCUT2D eigenvalue weighted by Crippen LogP contribution is 2.63. The van der Waals surface area contributed by atoms with E-state index in [0.29, 0.717) is 43.5 Å². The lowest BCUT2D eigenvalue weighted by molar-refractivity contribution is 0.0984. The largest absolute Gasteiger partial charge is 0.377 e. The van der Waals surface area contributed by atoms with Crippen molar-refractivity contribution in [3.8, 4) is 11.4 Å². The number of morpholine rings is 1. The van der Waals surface area contributed by atoms with E-state index in [9.17, 15) is 13.9 Å². The number of aromatic nitrogens is 2. The summed E-state index contributed by atoms with van der Waals surface area (Å²) in [5.41, 5.74) is 2.99. The Balaban J connectivity index is 1.67. The van der Waals surface area contributed by atoms with E-state index < -0.39 is 15.8 Å². The maximum atomic E-state index is 11.9. The molecular formula is C22H31N5O4S. The first-order valence-electron chi connectivity index (χ1n) is 11.0. The van der Waals surface area contributed by atoms with E-state index in [1.807, 2.05) is 38.1 Å². The number of nitrogens with one attached hydrogen (secondary N) is 2. The van der Waals surface area contributed by atoms with Crippen molar-refractivity contribution < 1.29 is 18.6 Å². The van der Waals surface area contributed by atoms with Gasteiger partial charge in [0.15, 0.2) is 5.82 Å². The van der Waals surface area contributed by atoms with E-state index in [0.717, 1.165) is 23.4 Å². The van der Waals surface area contributed by atoms with Gasteiger partial charge in [-0.2, -0.15) is 10.6 Å². The molecule has 1 unspecified atom stereocenters. The van der Waals surface area contributed by atoms with Gasteiger partial charge in [0.2, 0.25) is 0 Å². The Morgan fingerprint density at radius 1 is 1.25 bits per heavy atom. The molecule has 4 rings (SSSR count). The van der Waals surface area contributed by atoms with Gasteiger partial charge in [0.25, 0.3) is 0 Å². The van der Waals surface area contributed by atoms with Crippen LogP contribution in [0.5, 0.6) is 0 Å². The van der Waals surface area contributed by atoms with Crippen LogP contribution in [0, 0.1) is 0 Å². The molecule has 2 aliphatic heterocycles. The van der Waals surface area contributed by atoms with Crippen molar-refractivity contribution in [1.82, 2.24) is 15.3 Å². The van der Waals surface area contributed by atoms with Crippen LogP contribution in [0.1, 0.15) is 43.7 Å². The number of carbonyl (C=O) groups excluding carboxylic acids is 1. The number of ether oxygens (including phenoxy) is 1. The molecule has 0 bridgehead atoms. The van der Waals surface area contributed by atoms with E-state index in [1.165, 1.54) is 0 Å². The van der Waals surface area contributed by atoms with E-state index >= 15 is 0 Å². The summed E-state index contributed by atoms with van der Waals surface area (Å²) < 4.78 is 26.8. The van der Waals surface area contributed by atoms with Gasteiger partial charge in [-0.05, 0) is 44.5 Å².